The highest BCUT2D eigenvalue weighted by Crippen LogP contribution is 2.18. The Hall–Kier alpha value is -2.47. The maximum atomic E-state index is 8.36. The second kappa shape index (κ2) is 6.63. The molecule has 0 radical (unpaired) electrons. The number of nitrogens with zero attached hydrogens (tertiary/aromatic N) is 2. The van der Waals surface area contributed by atoms with E-state index < -0.39 is 5.09 Å². The van der Waals surface area contributed by atoms with Gasteiger partial charge in [0.2, 0.25) is 0 Å². The first-order valence-electron chi connectivity index (χ1n) is 6.33. The Morgan fingerprint density at radius 2 is 1.95 bits per heavy atom. The SMILES string of the molecule is O=[N+]([O-])O.c1ccc2c(CC3=NCC[NH2+]3)cccc2c1. The number of nitrogens with two attached hydrogens (primary N) is 1. The van der Waals surface area contributed by atoms with E-state index in [4.69, 9.17) is 15.3 Å². The van der Waals surface area contributed by atoms with Crippen LogP contribution >= 0.6 is 0 Å². The summed E-state index contributed by atoms with van der Waals surface area (Å²) in [5, 5.41) is 18.6. The van der Waals surface area contributed by atoms with E-state index in [1.807, 2.05) is 0 Å². The highest BCUT2D eigenvalue weighted by molar-refractivity contribution is 5.89. The van der Waals surface area contributed by atoms with Crippen LogP contribution in [0.25, 0.3) is 10.8 Å². The first-order valence-corrected chi connectivity index (χ1v) is 6.33. The first-order chi connectivity index (χ1) is 9.66. The minimum atomic E-state index is -1.50. The standard InChI is InChI=1S/C14H14N2.HNO3/c1-2-7-13-11(4-1)5-3-6-12(13)10-14-15-8-9-16-14;2-1(3)4/h1-7H,8-10H2,(H,15,16);(H,2,3,4)/p+1. The number of aliphatic imine (C=N–C) groups is 1. The Kier molecular flexibility index (Phi) is 4.62. The normalized spacial score (nSPS) is 13.5. The average molecular weight is 274 g/mol. The molecule has 0 spiro atoms. The zero-order valence-corrected chi connectivity index (χ0v) is 10.9. The van der Waals surface area contributed by atoms with Crippen LogP contribution in [0.15, 0.2) is 47.5 Å². The fraction of sp³-hybridized carbons (Fsp3) is 0.214. The summed E-state index contributed by atoms with van der Waals surface area (Å²) >= 11 is 0. The van der Waals surface area contributed by atoms with Gasteiger partial charge in [0.05, 0.1) is 13.0 Å². The maximum absolute atomic E-state index is 8.36. The van der Waals surface area contributed by atoms with Crippen molar-refractivity contribution in [3.05, 3.63) is 58.1 Å². The minimum Gasteiger partial charge on any atom is -0.328 e. The number of hydrogen-bond donors (Lipinski definition) is 2. The van der Waals surface area contributed by atoms with Gasteiger partial charge in [-0.3, -0.25) is 5.32 Å². The van der Waals surface area contributed by atoms with Crippen LogP contribution in [0, 0.1) is 10.1 Å². The summed E-state index contributed by atoms with van der Waals surface area (Å²) in [4.78, 5) is 12.9. The molecule has 0 atom stereocenters. The molecular formula is C14H16N3O3+. The van der Waals surface area contributed by atoms with Crippen molar-refractivity contribution in [3.63, 3.8) is 0 Å². The van der Waals surface area contributed by atoms with Crippen molar-refractivity contribution < 1.29 is 15.6 Å². The zero-order chi connectivity index (χ0) is 14.4. The molecule has 0 saturated carbocycles. The molecule has 2 aromatic carbocycles. The van der Waals surface area contributed by atoms with E-state index in [0.717, 1.165) is 19.5 Å². The summed E-state index contributed by atoms with van der Waals surface area (Å²) < 4.78 is 0. The number of amidine groups is 1. The second-order valence-corrected chi connectivity index (χ2v) is 4.42. The highest BCUT2D eigenvalue weighted by atomic mass is 16.9. The topological polar surface area (TPSA) is 92.3 Å². The molecule has 1 aliphatic heterocycles. The molecule has 0 amide bonds. The number of fused-ring (bicyclic) bond motifs is 1. The predicted molar refractivity (Wildman–Crippen MR) is 75.5 cm³/mol. The van der Waals surface area contributed by atoms with Crippen LogP contribution in [0.4, 0.5) is 0 Å². The molecule has 6 nitrogen and oxygen atoms in total. The number of rotatable bonds is 2. The zero-order valence-electron chi connectivity index (χ0n) is 10.9. The lowest BCUT2D eigenvalue weighted by atomic mass is 10.0. The molecule has 3 N–H and O–H groups in total. The Balaban J connectivity index is 0.000000328. The minimum absolute atomic E-state index is 0.972. The molecule has 3 rings (SSSR count). The van der Waals surface area contributed by atoms with Gasteiger partial charge < -0.3 is 5.21 Å². The lowest BCUT2D eigenvalue weighted by molar-refractivity contribution is -0.742. The Bertz CT molecular complexity index is 631. The smallest absolute Gasteiger partial charge is 0.291 e. The van der Waals surface area contributed by atoms with Crippen LogP contribution < -0.4 is 5.32 Å². The Labute approximate surface area is 115 Å². The molecule has 0 saturated heterocycles. The molecule has 1 aliphatic rings. The quantitative estimate of drug-likeness (QED) is 0.632. The van der Waals surface area contributed by atoms with Gasteiger partial charge in [-0.25, -0.2) is 4.99 Å². The van der Waals surface area contributed by atoms with Crippen molar-refractivity contribution in [2.75, 3.05) is 13.1 Å². The molecule has 6 heteroatoms. The van der Waals surface area contributed by atoms with E-state index in [9.17, 15) is 0 Å². The van der Waals surface area contributed by atoms with E-state index in [1.165, 1.54) is 22.2 Å². The number of benzene rings is 2. The second-order valence-electron chi connectivity index (χ2n) is 4.42. The average Bonchev–Trinajstić information content (AvgIpc) is 2.91. The molecule has 0 aliphatic carbocycles. The Morgan fingerprint density at radius 1 is 1.25 bits per heavy atom. The number of quaternary nitrogens is 1. The van der Waals surface area contributed by atoms with Gasteiger partial charge in [0.25, 0.3) is 5.09 Å². The molecule has 0 bridgehead atoms. The lowest BCUT2D eigenvalue weighted by Gasteiger charge is -2.04. The summed E-state index contributed by atoms with van der Waals surface area (Å²) in [6.45, 7) is 2.08. The van der Waals surface area contributed by atoms with Gasteiger partial charge in [-0.1, -0.05) is 42.5 Å². The van der Waals surface area contributed by atoms with Crippen LogP contribution in [0.3, 0.4) is 0 Å². The van der Waals surface area contributed by atoms with Crippen molar-refractivity contribution >= 4 is 16.6 Å². The summed E-state index contributed by atoms with van der Waals surface area (Å²) in [6.07, 6.45) is 0.974. The van der Waals surface area contributed by atoms with Gasteiger partial charge in [0.15, 0.2) is 5.84 Å². The predicted octanol–water partition coefficient (Wildman–Crippen LogP) is 1.01. The van der Waals surface area contributed by atoms with Gasteiger partial charge in [-0.2, -0.15) is 0 Å². The highest BCUT2D eigenvalue weighted by Gasteiger charge is 2.12. The molecule has 104 valence electrons. The van der Waals surface area contributed by atoms with Crippen molar-refractivity contribution in [1.82, 2.24) is 0 Å². The van der Waals surface area contributed by atoms with Crippen molar-refractivity contribution in [2.45, 2.75) is 6.42 Å². The summed E-state index contributed by atoms with van der Waals surface area (Å²) in [5.41, 5.74) is 1.38. The Morgan fingerprint density at radius 3 is 2.65 bits per heavy atom. The molecule has 0 aromatic heterocycles. The third-order valence-corrected chi connectivity index (χ3v) is 3.08. The fourth-order valence-electron chi connectivity index (χ4n) is 2.27. The van der Waals surface area contributed by atoms with Crippen LogP contribution in [-0.2, 0) is 6.42 Å². The van der Waals surface area contributed by atoms with Crippen LogP contribution in [-0.4, -0.2) is 29.2 Å². The summed E-state index contributed by atoms with van der Waals surface area (Å²) in [7, 11) is 0. The van der Waals surface area contributed by atoms with Crippen LogP contribution in [0.5, 0.6) is 0 Å². The largest absolute Gasteiger partial charge is 0.328 e. The molecule has 1 heterocycles. The van der Waals surface area contributed by atoms with E-state index in [2.05, 4.69) is 52.8 Å². The molecular weight excluding hydrogens is 258 g/mol. The molecule has 0 unspecified atom stereocenters. The number of hydrogen-bond acceptors (Lipinski definition) is 3. The maximum Gasteiger partial charge on any atom is 0.291 e. The lowest BCUT2D eigenvalue weighted by Crippen LogP contribution is -2.86. The van der Waals surface area contributed by atoms with Gasteiger partial charge in [-0.05, 0) is 16.3 Å². The van der Waals surface area contributed by atoms with E-state index >= 15 is 0 Å². The third kappa shape index (κ3) is 3.76. The van der Waals surface area contributed by atoms with Gasteiger partial charge in [0.1, 0.15) is 6.54 Å². The molecule has 20 heavy (non-hydrogen) atoms. The monoisotopic (exact) mass is 274 g/mol. The van der Waals surface area contributed by atoms with Crippen molar-refractivity contribution in [1.29, 1.82) is 0 Å². The summed E-state index contributed by atoms with van der Waals surface area (Å²) in [5.74, 6) is 1.25. The molecule has 2 aromatic rings. The van der Waals surface area contributed by atoms with Crippen LogP contribution in [0.2, 0.25) is 0 Å². The van der Waals surface area contributed by atoms with Gasteiger partial charge in [0, 0.05) is 0 Å². The van der Waals surface area contributed by atoms with Crippen molar-refractivity contribution in [2.24, 2.45) is 4.99 Å². The van der Waals surface area contributed by atoms with Gasteiger partial charge >= 0.3 is 0 Å². The fourth-order valence-corrected chi connectivity index (χ4v) is 2.27. The van der Waals surface area contributed by atoms with E-state index in [1.54, 1.807) is 0 Å². The van der Waals surface area contributed by atoms with E-state index in [-0.39, 0.29) is 0 Å². The van der Waals surface area contributed by atoms with Crippen LogP contribution in [0.1, 0.15) is 5.56 Å². The van der Waals surface area contributed by atoms with Gasteiger partial charge in [-0.15, -0.1) is 10.1 Å². The third-order valence-electron chi connectivity index (χ3n) is 3.08. The van der Waals surface area contributed by atoms with Crippen molar-refractivity contribution in [3.8, 4) is 0 Å². The van der Waals surface area contributed by atoms with E-state index in [0.29, 0.717) is 0 Å². The first kappa shape index (κ1) is 14.0. The molecule has 0 fully saturated rings. The summed E-state index contributed by atoms with van der Waals surface area (Å²) in [6, 6.07) is 15.1.